The fourth-order valence-electron chi connectivity index (χ4n) is 4.81. The second-order valence-electron chi connectivity index (χ2n) is 11.3. The molecule has 0 spiro atoms. The first-order valence-electron chi connectivity index (χ1n) is 14.6. The molecule has 0 fully saturated rings. The predicted octanol–water partition coefficient (Wildman–Crippen LogP) is 6.91. The predicted molar refractivity (Wildman–Crippen MR) is 181 cm³/mol. The summed E-state index contributed by atoms with van der Waals surface area (Å²) >= 11 is 12.2. The summed E-state index contributed by atoms with van der Waals surface area (Å²) in [5.74, 6) is -0.671. The van der Waals surface area contributed by atoms with Gasteiger partial charge in [0.25, 0.3) is 10.0 Å². The Balaban J connectivity index is 1.79. The van der Waals surface area contributed by atoms with Crippen LogP contribution in [0.25, 0.3) is 0 Å². The van der Waals surface area contributed by atoms with E-state index in [1.54, 1.807) is 42.5 Å². The van der Waals surface area contributed by atoms with Crippen molar-refractivity contribution in [2.24, 2.45) is 5.92 Å². The molecule has 0 saturated heterocycles. The van der Waals surface area contributed by atoms with Gasteiger partial charge in [-0.1, -0.05) is 91.6 Å². The van der Waals surface area contributed by atoms with E-state index in [0.717, 1.165) is 21.0 Å². The van der Waals surface area contributed by atoms with Crippen molar-refractivity contribution in [3.63, 3.8) is 0 Å². The largest absolute Gasteiger partial charge is 0.354 e. The lowest BCUT2D eigenvalue weighted by Gasteiger charge is -2.34. The zero-order valence-corrected chi connectivity index (χ0v) is 27.8. The van der Waals surface area contributed by atoms with Crippen molar-refractivity contribution in [3.05, 3.63) is 130 Å². The van der Waals surface area contributed by atoms with Crippen LogP contribution in [0.4, 0.5) is 5.69 Å². The fourth-order valence-corrected chi connectivity index (χ4v) is 6.47. The molecule has 0 heterocycles. The lowest BCUT2D eigenvalue weighted by molar-refractivity contribution is -0.140. The standard InChI is InChI=1S/C35H37Cl2N3O4S/c1-25(2)22-38-35(42)33(21-27-9-5-4-6-10-27)39(23-28-12-14-29(36)15-13-28)34(41)24-40(31-11-7-8-26(3)20-31)45(43,44)32-18-16-30(37)17-19-32/h4-20,25,33H,21-24H2,1-3H3,(H,38,42). The van der Waals surface area contributed by atoms with Crippen LogP contribution in [0.1, 0.15) is 30.5 Å². The Kier molecular flexibility index (Phi) is 11.7. The fraction of sp³-hybridized carbons (Fsp3) is 0.257. The van der Waals surface area contributed by atoms with Gasteiger partial charge in [-0.25, -0.2) is 8.42 Å². The van der Waals surface area contributed by atoms with Crippen LogP contribution in [0.15, 0.2) is 108 Å². The first-order valence-corrected chi connectivity index (χ1v) is 16.8. The SMILES string of the molecule is Cc1cccc(N(CC(=O)N(Cc2ccc(Cl)cc2)C(Cc2ccccc2)C(=O)NCC(C)C)S(=O)(=O)c2ccc(Cl)cc2)c1. The number of hydrogen-bond donors (Lipinski definition) is 1. The quantitative estimate of drug-likeness (QED) is 0.168. The lowest BCUT2D eigenvalue weighted by Crippen LogP contribution is -2.53. The second kappa shape index (κ2) is 15.4. The summed E-state index contributed by atoms with van der Waals surface area (Å²) in [4.78, 5) is 29.8. The van der Waals surface area contributed by atoms with Gasteiger partial charge in [0.15, 0.2) is 0 Å². The molecule has 1 atom stereocenters. The minimum absolute atomic E-state index is 0.0130. The van der Waals surface area contributed by atoms with E-state index in [1.165, 1.54) is 29.2 Å². The number of carbonyl (C=O) groups is 2. The molecule has 1 unspecified atom stereocenters. The van der Waals surface area contributed by atoms with Gasteiger partial charge in [0.2, 0.25) is 11.8 Å². The van der Waals surface area contributed by atoms with Gasteiger partial charge in [-0.05, 0) is 78.1 Å². The molecule has 7 nitrogen and oxygen atoms in total. The van der Waals surface area contributed by atoms with E-state index in [4.69, 9.17) is 23.2 Å². The van der Waals surface area contributed by atoms with Crippen molar-refractivity contribution in [3.8, 4) is 0 Å². The van der Waals surface area contributed by atoms with Crippen LogP contribution in [0.2, 0.25) is 10.0 Å². The number of nitrogens with one attached hydrogen (secondary N) is 1. The van der Waals surface area contributed by atoms with Crippen molar-refractivity contribution in [2.75, 3.05) is 17.4 Å². The highest BCUT2D eigenvalue weighted by atomic mass is 35.5. The number of rotatable bonds is 13. The van der Waals surface area contributed by atoms with Crippen LogP contribution in [-0.4, -0.2) is 44.3 Å². The Morgan fingerprint density at radius 1 is 0.800 bits per heavy atom. The number of aryl methyl sites for hydroxylation is 1. The van der Waals surface area contributed by atoms with Crippen molar-refractivity contribution in [1.29, 1.82) is 0 Å². The first kappa shape index (κ1) is 34.0. The third-order valence-corrected chi connectivity index (χ3v) is 9.48. The van der Waals surface area contributed by atoms with Crippen LogP contribution in [-0.2, 0) is 32.6 Å². The molecular weight excluding hydrogens is 629 g/mol. The molecule has 0 bridgehead atoms. The van der Waals surface area contributed by atoms with Gasteiger partial charge in [-0.3, -0.25) is 13.9 Å². The normalized spacial score (nSPS) is 12.0. The van der Waals surface area contributed by atoms with E-state index >= 15 is 0 Å². The second-order valence-corrected chi connectivity index (χ2v) is 14.0. The molecule has 0 radical (unpaired) electrons. The Morgan fingerprint density at radius 2 is 1.42 bits per heavy atom. The van der Waals surface area contributed by atoms with Gasteiger partial charge in [-0.2, -0.15) is 0 Å². The molecule has 10 heteroatoms. The summed E-state index contributed by atoms with van der Waals surface area (Å²) in [6.45, 7) is 5.78. The van der Waals surface area contributed by atoms with E-state index < -0.39 is 28.5 Å². The zero-order chi connectivity index (χ0) is 32.6. The van der Waals surface area contributed by atoms with Crippen molar-refractivity contribution in [2.45, 2.75) is 44.7 Å². The van der Waals surface area contributed by atoms with Crippen LogP contribution >= 0.6 is 23.2 Å². The van der Waals surface area contributed by atoms with Crippen LogP contribution < -0.4 is 9.62 Å². The van der Waals surface area contributed by atoms with Crippen LogP contribution in [0, 0.1) is 12.8 Å². The molecule has 4 aromatic carbocycles. The van der Waals surface area contributed by atoms with Crippen molar-refractivity contribution >= 4 is 50.7 Å². The molecule has 1 N–H and O–H groups in total. The Hall–Kier alpha value is -3.85. The number of amides is 2. The van der Waals surface area contributed by atoms with E-state index in [1.807, 2.05) is 57.2 Å². The third kappa shape index (κ3) is 9.33. The summed E-state index contributed by atoms with van der Waals surface area (Å²) in [6, 6.07) is 28.3. The van der Waals surface area contributed by atoms with Gasteiger partial charge in [0, 0.05) is 29.6 Å². The number of anilines is 1. The molecule has 0 aliphatic rings. The summed E-state index contributed by atoms with van der Waals surface area (Å²) in [5.41, 5.74) is 2.75. The van der Waals surface area contributed by atoms with E-state index in [2.05, 4.69) is 5.32 Å². The molecule has 0 saturated carbocycles. The molecule has 4 rings (SSSR count). The zero-order valence-electron chi connectivity index (χ0n) is 25.5. The van der Waals surface area contributed by atoms with E-state index in [9.17, 15) is 18.0 Å². The molecule has 2 amide bonds. The highest BCUT2D eigenvalue weighted by Gasteiger charge is 2.34. The highest BCUT2D eigenvalue weighted by Crippen LogP contribution is 2.27. The van der Waals surface area contributed by atoms with Crippen LogP contribution in [0.5, 0.6) is 0 Å². The van der Waals surface area contributed by atoms with E-state index in [-0.39, 0.29) is 29.7 Å². The molecule has 236 valence electrons. The summed E-state index contributed by atoms with van der Waals surface area (Å²) in [6.07, 6.45) is 0.235. The minimum Gasteiger partial charge on any atom is -0.354 e. The van der Waals surface area contributed by atoms with Gasteiger partial charge < -0.3 is 10.2 Å². The average molecular weight is 667 g/mol. The number of hydrogen-bond acceptors (Lipinski definition) is 4. The molecule has 4 aromatic rings. The average Bonchev–Trinajstić information content (AvgIpc) is 3.01. The minimum atomic E-state index is -4.21. The topological polar surface area (TPSA) is 86.8 Å². The molecule has 0 aromatic heterocycles. The summed E-state index contributed by atoms with van der Waals surface area (Å²) < 4.78 is 29.3. The smallest absolute Gasteiger partial charge is 0.264 e. The maximum atomic E-state index is 14.5. The van der Waals surface area contributed by atoms with Gasteiger partial charge in [-0.15, -0.1) is 0 Å². The Labute approximate surface area is 275 Å². The third-order valence-electron chi connectivity index (χ3n) is 7.19. The maximum Gasteiger partial charge on any atom is 0.264 e. The molecular formula is C35H37Cl2N3O4S. The Morgan fingerprint density at radius 3 is 2.02 bits per heavy atom. The Bertz CT molecular complexity index is 1700. The van der Waals surface area contributed by atoms with Gasteiger partial charge >= 0.3 is 0 Å². The number of nitrogens with zero attached hydrogens (tertiary/aromatic N) is 2. The van der Waals surface area contributed by atoms with Gasteiger partial charge in [0.05, 0.1) is 10.6 Å². The first-order chi connectivity index (χ1) is 21.4. The molecule has 45 heavy (non-hydrogen) atoms. The van der Waals surface area contributed by atoms with Gasteiger partial charge in [0.1, 0.15) is 12.6 Å². The van der Waals surface area contributed by atoms with E-state index in [0.29, 0.717) is 22.3 Å². The van der Waals surface area contributed by atoms with Crippen molar-refractivity contribution in [1.82, 2.24) is 10.2 Å². The lowest BCUT2D eigenvalue weighted by atomic mass is 10.0. The number of carbonyl (C=O) groups excluding carboxylic acids is 2. The summed E-state index contributed by atoms with van der Waals surface area (Å²) in [7, 11) is -4.21. The van der Waals surface area contributed by atoms with Crippen molar-refractivity contribution < 1.29 is 18.0 Å². The summed E-state index contributed by atoms with van der Waals surface area (Å²) in [5, 5.41) is 3.91. The number of benzene rings is 4. The highest BCUT2D eigenvalue weighted by molar-refractivity contribution is 7.92. The molecule has 0 aliphatic heterocycles. The van der Waals surface area contributed by atoms with Crippen LogP contribution in [0.3, 0.4) is 0 Å². The monoisotopic (exact) mass is 665 g/mol. The maximum absolute atomic E-state index is 14.5. The number of halogens is 2. The number of sulfonamides is 1. The molecule has 0 aliphatic carbocycles.